The minimum atomic E-state index is -0.125. The number of hydrogen-bond acceptors (Lipinski definition) is 2. The summed E-state index contributed by atoms with van der Waals surface area (Å²) in [5.74, 6) is 1.68. The monoisotopic (exact) mass is 679 g/mol. The van der Waals surface area contributed by atoms with Crippen molar-refractivity contribution in [1.29, 1.82) is 0 Å². The molecule has 1 heterocycles. The van der Waals surface area contributed by atoms with Crippen LogP contribution >= 0.6 is 0 Å². The number of fused-ring (bicyclic) bond motifs is 8. The van der Waals surface area contributed by atoms with E-state index < -0.39 is 0 Å². The lowest BCUT2D eigenvalue weighted by Gasteiger charge is -2.29. The second kappa shape index (κ2) is 12.3. The Bertz CT molecular complexity index is 2670. The Morgan fingerprint density at radius 3 is 1.72 bits per heavy atom. The van der Waals surface area contributed by atoms with Crippen molar-refractivity contribution in [2.75, 3.05) is 4.90 Å². The molecule has 0 radical (unpaired) electrons. The van der Waals surface area contributed by atoms with Gasteiger partial charge < -0.3 is 9.64 Å². The number of anilines is 3. The van der Waals surface area contributed by atoms with Crippen molar-refractivity contribution in [2.24, 2.45) is 0 Å². The van der Waals surface area contributed by atoms with Crippen molar-refractivity contribution in [3.05, 3.63) is 199 Å². The van der Waals surface area contributed by atoms with E-state index in [1.165, 1.54) is 44.5 Å². The normalized spacial score (nSPS) is 13.0. The number of benzene rings is 8. The largest absolute Gasteiger partial charge is 0.456 e. The third-order valence-electron chi connectivity index (χ3n) is 11.1. The van der Waals surface area contributed by atoms with Crippen LogP contribution in [0.5, 0.6) is 11.5 Å². The van der Waals surface area contributed by atoms with Gasteiger partial charge in [0.05, 0.1) is 0 Å². The molecule has 0 N–H and O–H groups in total. The van der Waals surface area contributed by atoms with Gasteiger partial charge in [0.1, 0.15) is 11.5 Å². The van der Waals surface area contributed by atoms with Gasteiger partial charge in [0.15, 0.2) is 0 Å². The maximum Gasteiger partial charge on any atom is 0.137 e. The summed E-state index contributed by atoms with van der Waals surface area (Å²) < 4.78 is 7.03. The average molecular weight is 680 g/mol. The van der Waals surface area contributed by atoms with Crippen molar-refractivity contribution < 1.29 is 4.74 Å². The fraction of sp³-hybridized carbons (Fsp3) is 0.0588. The number of ether oxygens (including phenoxy) is 1. The van der Waals surface area contributed by atoms with Gasteiger partial charge in [-0.2, -0.15) is 0 Å². The number of nitrogens with zero attached hydrogens (tertiary/aromatic N) is 1. The van der Waals surface area contributed by atoms with Gasteiger partial charge in [0, 0.05) is 39.7 Å². The Labute approximate surface area is 311 Å². The van der Waals surface area contributed by atoms with Gasteiger partial charge in [-0.1, -0.05) is 153 Å². The zero-order valence-electron chi connectivity index (χ0n) is 29.8. The smallest absolute Gasteiger partial charge is 0.137 e. The molecule has 0 saturated heterocycles. The Morgan fingerprint density at radius 2 is 0.925 bits per heavy atom. The molecule has 10 rings (SSSR count). The maximum absolute atomic E-state index is 7.03. The van der Waals surface area contributed by atoms with Gasteiger partial charge in [-0.25, -0.2) is 0 Å². The average Bonchev–Trinajstić information content (AvgIpc) is 3.34. The van der Waals surface area contributed by atoms with Gasteiger partial charge in [-0.15, -0.1) is 0 Å². The molecule has 252 valence electrons. The second-order valence-corrected chi connectivity index (χ2v) is 14.5. The number of rotatable bonds is 5. The lowest BCUT2D eigenvalue weighted by Crippen LogP contribution is -2.16. The van der Waals surface area contributed by atoms with E-state index in [0.29, 0.717) is 0 Å². The topological polar surface area (TPSA) is 12.5 Å². The van der Waals surface area contributed by atoms with E-state index in [1.54, 1.807) is 0 Å². The zero-order valence-corrected chi connectivity index (χ0v) is 29.8. The Kier molecular flexibility index (Phi) is 7.19. The summed E-state index contributed by atoms with van der Waals surface area (Å²) in [7, 11) is 0. The van der Waals surface area contributed by atoms with Crippen molar-refractivity contribution in [3.63, 3.8) is 0 Å². The van der Waals surface area contributed by atoms with E-state index in [2.05, 4.69) is 207 Å². The van der Waals surface area contributed by atoms with E-state index in [0.717, 1.165) is 50.8 Å². The van der Waals surface area contributed by atoms with Crippen LogP contribution in [0.4, 0.5) is 17.1 Å². The molecule has 0 atom stereocenters. The molecule has 0 saturated carbocycles. The molecule has 8 aromatic rings. The molecule has 1 aliphatic heterocycles. The molecule has 53 heavy (non-hydrogen) atoms. The fourth-order valence-electron chi connectivity index (χ4n) is 8.50. The van der Waals surface area contributed by atoms with E-state index >= 15 is 0 Å². The summed E-state index contributed by atoms with van der Waals surface area (Å²) in [6.45, 7) is 4.69. The van der Waals surface area contributed by atoms with Crippen LogP contribution in [-0.2, 0) is 5.41 Å². The van der Waals surface area contributed by atoms with Crippen LogP contribution in [0.1, 0.15) is 25.0 Å². The van der Waals surface area contributed by atoms with Crippen LogP contribution in [0.15, 0.2) is 188 Å². The van der Waals surface area contributed by atoms with Crippen molar-refractivity contribution in [1.82, 2.24) is 0 Å². The SMILES string of the molecule is CC1(C)c2ccccc2-c2ccc(N(c3cccc(-c4ccccc4)c3)c3ccc4c(c3)Oc3cccc(-c5ccccc5)c3-c3ccccc3-4)cc21. The highest BCUT2D eigenvalue weighted by Crippen LogP contribution is 2.53. The Hall–Kier alpha value is -6.64. The first-order valence-corrected chi connectivity index (χ1v) is 18.3. The first-order valence-electron chi connectivity index (χ1n) is 18.3. The molecule has 0 fully saturated rings. The highest BCUT2D eigenvalue weighted by Gasteiger charge is 2.36. The van der Waals surface area contributed by atoms with Crippen molar-refractivity contribution >= 4 is 17.1 Å². The lowest BCUT2D eigenvalue weighted by atomic mass is 9.82. The molecule has 0 bridgehead atoms. The predicted octanol–water partition coefficient (Wildman–Crippen LogP) is 14.2. The Balaban J connectivity index is 1.17. The molecule has 8 aromatic carbocycles. The quantitative estimate of drug-likeness (QED) is 0.180. The van der Waals surface area contributed by atoms with Gasteiger partial charge >= 0.3 is 0 Å². The summed E-state index contributed by atoms with van der Waals surface area (Å²) in [5, 5.41) is 0. The van der Waals surface area contributed by atoms with Crippen LogP contribution in [0.3, 0.4) is 0 Å². The van der Waals surface area contributed by atoms with Crippen LogP contribution < -0.4 is 9.64 Å². The van der Waals surface area contributed by atoms with E-state index in [1.807, 2.05) is 0 Å². The van der Waals surface area contributed by atoms with Gasteiger partial charge in [0.2, 0.25) is 0 Å². The van der Waals surface area contributed by atoms with E-state index in [4.69, 9.17) is 4.74 Å². The fourth-order valence-corrected chi connectivity index (χ4v) is 8.50. The van der Waals surface area contributed by atoms with Crippen molar-refractivity contribution in [2.45, 2.75) is 19.3 Å². The van der Waals surface area contributed by atoms with Gasteiger partial charge in [-0.3, -0.25) is 0 Å². The van der Waals surface area contributed by atoms with Gasteiger partial charge in [-0.05, 0) is 98.1 Å². The third-order valence-corrected chi connectivity index (χ3v) is 11.1. The molecular formula is C51H37NO. The first kappa shape index (κ1) is 31.1. The maximum atomic E-state index is 7.03. The highest BCUT2D eigenvalue weighted by atomic mass is 16.5. The predicted molar refractivity (Wildman–Crippen MR) is 221 cm³/mol. The number of hydrogen-bond donors (Lipinski definition) is 0. The molecule has 0 amide bonds. The molecular weight excluding hydrogens is 643 g/mol. The zero-order chi connectivity index (χ0) is 35.5. The Morgan fingerprint density at radius 1 is 0.358 bits per heavy atom. The first-order chi connectivity index (χ1) is 26.0. The molecule has 0 spiro atoms. The minimum Gasteiger partial charge on any atom is -0.456 e. The van der Waals surface area contributed by atoms with E-state index in [-0.39, 0.29) is 5.41 Å². The van der Waals surface area contributed by atoms with E-state index in [9.17, 15) is 0 Å². The summed E-state index contributed by atoms with van der Waals surface area (Å²) >= 11 is 0. The summed E-state index contributed by atoms with van der Waals surface area (Å²) in [4.78, 5) is 2.38. The highest BCUT2D eigenvalue weighted by molar-refractivity contribution is 5.98. The van der Waals surface area contributed by atoms with Crippen LogP contribution in [-0.4, -0.2) is 0 Å². The van der Waals surface area contributed by atoms with Gasteiger partial charge in [0.25, 0.3) is 0 Å². The van der Waals surface area contributed by atoms with Crippen LogP contribution in [0, 0.1) is 0 Å². The summed E-state index contributed by atoms with van der Waals surface area (Å²) in [6, 6.07) is 67.7. The van der Waals surface area contributed by atoms with Crippen LogP contribution in [0.25, 0.3) is 55.6 Å². The second-order valence-electron chi connectivity index (χ2n) is 14.5. The molecule has 0 unspecified atom stereocenters. The van der Waals surface area contributed by atoms with Crippen molar-refractivity contribution in [3.8, 4) is 67.1 Å². The standard InChI is InChI=1S/C51H37NO/c1-51(2)46-25-12-11-22-42(46)43-29-27-38(32-47(43)51)52(37-20-13-19-36(31-37)34-15-5-3-6-16-34)39-28-30-44-41-21-9-10-23-45(41)50-40(35-17-7-4-8-18-35)24-14-26-48(50)53-49(44)33-39/h3-33H,1-2H3. The summed E-state index contributed by atoms with van der Waals surface area (Å²) in [5.41, 5.74) is 17.6. The van der Waals surface area contributed by atoms with Crippen LogP contribution in [0.2, 0.25) is 0 Å². The third kappa shape index (κ3) is 5.10. The molecule has 1 aliphatic carbocycles. The summed E-state index contributed by atoms with van der Waals surface area (Å²) in [6.07, 6.45) is 0. The molecule has 2 nitrogen and oxygen atoms in total. The minimum absolute atomic E-state index is 0.125. The molecule has 0 aromatic heterocycles. The molecule has 2 heteroatoms. The molecule has 2 aliphatic rings. The lowest BCUT2D eigenvalue weighted by molar-refractivity contribution is 0.488.